The number of aryl methyl sites for hydroxylation is 1. The fourth-order valence-electron chi connectivity index (χ4n) is 8.06. The number of carbonyl (C=O) groups excluding carboxylic acids is 2. The third kappa shape index (κ3) is 6.14. The van der Waals surface area contributed by atoms with Crippen molar-refractivity contribution in [1.29, 1.82) is 0 Å². The first-order chi connectivity index (χ1) is 20.4. The van der Waals surface area contributed by atoms with Crippen molar-refractivity contribution in [2.45, 2.75) is 103 Å². The summed E-state index contributed by atoms with van der Waals surface area (Å²) in [6.45, 7) is 6.13. The molecule has 0 bridgehead atoms. The van der Waals surface area contributed by atoms with E-state index in [2.05, 4.69) is 42.2 Å². The largest absolute Gasteiger partial charge is 0.462 e. The molecule has 4 aliphatic rings. The first-order valence-corrected chi connectivity index (χ1v) is 16.5. The van der Waals surface area contributed by atoms with E-state index in [0.29, 0.717) is 29.9 Å². The molecule has 3 fully saturated rings. The Morgan fingerprint density at radius 3 is 2.60 bits per heavy atom. The molecule has 42 heavy (non-hydrogen) atoms. The van der Waals surface area contributed by atoms with Crippen LogP contribution in [0.4, 0.5) is 5.69 Å². The van der Waals surface area contributed by atoms with Crippen LogP contribution in [0.25, 0.3) is 0 Å². The summed E-state index contributed by atoms with van der Waals surface area (Å²) in [5.41, 5.74) is 6.30. The van der Waals surface area contributed by atoms with Gasteiger partial charge in [-0.25, -0.2) is 0 Å². The second-order valence-electron chi connectivity index (χ2n) is 13.4. The van der Waals surface area contributed by atoms with Crippen molar-refractivity contribution < 1.29 is 15.8 Å². The molecule has 2 heterocycles. The van der Waals surface area contributed by atoms with E-state index in [1.165, 1.54) is 55.3 Å². The Hall–Kier alpha value is -3.14. The van der Waals surface area contributed by atoms with Crippen LogP contribution in [0.15, 0.2) is 66.6 Å². The van der Waals surface area contributed by atoms with Crippen molar-refractivity contribution >= 4 is 17.3 Å². The maximum atomic E-state index is 13.6. The number of rotatable bonds is 11. The summed E-state index contributed by atoms with van der Waals surface area (Å²) >= 11 is 0. The summed E-state index contributed by atoms with van der Waals surface area (Å²) in [7, 11) is 0. The van der Waals surface area contributed by atoms with E-state index in [0.717, 1.165) is 55.8 Å². The lowest BCUT2D eigenvalue weighted by atomic mass is 9.80. The summed E-state index contributed by atoms with van der Waals surface area (Å²) in [6.07, 6.45) is 19.2. The highest BCUT2D eigenvalue weighted by atomic mass is 16.5. The van der Waals surface area contributed by atoms with Gasteiger partial charge in [0.1, 0.15) is 0 Å². The molecule has 2 aliphatic carbocycles. The fourth-order valence-corrected chi connectivity index (χ4v) is 8.06. The number of carbonyl (C=O) groups is 2. The van der Waals surface area contributed by atoms with Gasteiger partial charge in [-0.05, 0) is 123 Å². The van der Waals surface area contributed by atoms with Crippen LogP contribution in [-0.2, 0) is 9.53 Å². The monoisotopic (exact) mass is 567 g/mol. The van der Waals surface area contributed by atoms with Gasteiger partial charge in [0.2, 0.25) is 5.78 Å². The summed E-state index contributed by atoms with van der Waals surface area (Å²) in [6, 6.07) is 14.8. The average molecular weight is 568 g/mol. The third-order valence-electron chi connectivity index (χ3n) is 10.8. The smallest absolute Gasteiger partial charge is 0.204 e. The number of para-hydroxylation sites is 1. The number of hydrogen-bond donors (Lipinski definition) is 0. The van der Waals surface area contributed by atoms with Crippen LogP contribution in [0.3, 0.4) is 0 Å². The normalized spacial score (nSPS) is 22.1. The van der Waals surface area contributed by atoms with Crippen molar-refractivity contribution in [1.82, 2.24) is 0 Å². The minimum Gasteiger partial charge on any atom is -0.462 e. The molecule has 2 aromatic carbocycles. The van der Waals surface area contributed by atoms with E-state index < -0.39 is 0 Å². The van der Waals surface area contributed by atoms with Gasteiger partial charge in [0, 0.05) is 38.1 Å². The van der Waals surface area contributed by atoms with Crippen molar-refractivity contribution in [3.63, 3.8) is 0 Å². The molecular formula is C38H49NO3. The van der Waals surface area contributed by atoms with Gasteiger partial charge in [0.05, 0.1) is 6.26 Å². The predicted octanol–water partition coefficient (Wildman–Crippen LogP) is 9.44. The molecule has 1 saturated heterocycles. The van der Waals surface area contributed by atoms with Crippen LogP contribution in [0.2, 0.25) is 0 Å². The molecular weight excluding hydrogens is 518 g/mol. The molecule has 0 amide bonds. The minimum atomic E-state index is -0.364. The van der Waals surface area contributed by atoms with Gasteiger partial charge < -0.3 is 9.64 Å². The Balaban J connectivity index is 0.00000368. The SMILES string of the molecule is Cc1ccccc1N1CCC(c2ccc(C(=O)CCCCC3CCCC34CC4)cc2C(C)C(=O)C2=CCC=CO2)CC1.[HH]. The Kier molecular flexibility index (Phi) is 8.70. The van der Waals surface area contributed by atoms with E-state index in [4.69, 9.17) is 4.74 Å². The summed E-state index contributed by atoms with van der Waals surface area (Å²) in [5, 5.41) is 0. The van der Waals surface area contributed by atoms with Gasteiger partial charge in [-0.1, -0.05) is 50.1 Å². The molecule has 6 rings (SSSR count). The van der Waals surface area contributed by atoms with Crippen molar-refractivity contribution in [2.75, 3.05) is 18.0 Å². The molecule has 2 atom stereocenters. The summed E-state index contributed by atoms with van der Waals surface area (Å²) in [4.78, 5) is 29.5. The van der Waals surface area contributed by atoms with Crippen LogP contribution in [0, 0.1) is 18.3 Å². The Labute approximate surface area is 253 Å². The maximum Gasteiger partial charge on any atom is 0.204 e. The van der Waals surface area contributed by atoms with Gasteiger partial charge in [0.15, 0.2) is 11.5 Å². The number of unbranched alkanes of at least 4 members (excludes halogenated alkanes) is 1. The molecule has 0 N–H and O–H groups in total. The number of piperidine rings is 1. The lowest BCUT2D eigenvalue weighted by molar-refractivity contribution is -0.119. The Morgan fingerprint density at radius 2 is 1.86 bits per heavy atom. The number of nitrogens with zero attached hydrogens (tertiary/aromatic N) is 1. The highest BCUT2D eigenvalue weighted by molar-refractivity contribution is 6.00. The lowest BCUT2D eigenvalue weighted by Crippen LogP contribution is -2.33. The van der Waals surface area contributed by atoms with Crippen LogP contribution in [0.1, 0.15) is 124 Å². The van der Waals surface area contributed by atoms with E-state index in [1.807, 2.05) is 31.2 Å². The number of benzene rings is 2. The second kappa shape index (κ2) is 12.6. The quantitative estimate of drug-likeness (QED) is 0.200. The lowest BCUT2D eigenvalue weighted by Gasteiger charge is -2.36. The molecule has 2 unspecified atom stereocenters. The van der Waals surface area contributed by atoms with E-state index >= 15 is 0 Å². The van der Waals surface area contributed by atoms with Gasteiger partial charge >= 0.3 is 0 Å². The van der Waals surface area contributed by atoms with Crippen molar-refractivity contribution in [3.8, 4) is 0 Å². The fraction of sp³-hybridized carbons (Fsp3) is 0.526. The summed E-state index contributed by atoms with van der Waals surface area (Å²) in [5.74, 6) is 1.52. The predicted molar refractivity (Wildman–Crippen MR) is 172 cm³/mol. The third-order valence-corrected chi connectivity index (χ3v) is 10.8. The molecule has 2 aromatic rings. The molecule has 224 valence electrons. The van der Waals surface area contributed by atoms with Crippen molar-refractivity contribution in [2.24, 2.45) is 11.3 Å². The Bertz CT molecular complexity index is 1360. The minimum absolute atomic E-state index is 0. The maximum absolute atomic E-state index is 13.6. The van der Waals surface area contributed by atoms with E-state index in [9.17, 15) is 9.59 Å². The van der Waals surface area contributed by atoms with Gasteiger partial charge in [-0.15, -0.1) is 0 Å². The van der Waals surface area contributed by atoms with Gasteiger partial charge in [-0.3, -0.25) is 9.59 Å². The molecule has 2 saturated carbocycles. The molecule has 0 aromatic heterocycles. The summed E-state index contributed by atoms with van der Waals surface area (Å²) < 4.78 is 5.60. The average Bonchev–Trinajstić information content (AvgIpc) is 3.71. The standard InChI is InChI=1S/C38H47NO3.H2/c1-27-10-3-5-13-34(27)39-23-18-29(19-24-39)32-17-16-30(26-33(32)28(2)37(41)36-15-7-8-25-42-36)35(40)14-6-4-11-31-12-9-20-38(31)21-22-38;/h3,5,8,10,13,15-17,25-26,28-29,31H,4,6-7,9,11-12,14,18-24H2,1-2H3;1H. The number of allylic oxidation sites excluding steroid dienone is 3. The first kappa shape index (κ1) is 29.0. The topological polar surface area (TPSA) is 46.6 Å². The molecule has 1 spiro atoms. The van der Waals surface area contributed by atoms with Gasteiger partial charge in [0.25, 0.3) is 0 Å². The second-order valence-corrected chi connectivity index (χ2v) is 13.4. The zero-order valence-corrected chi connectivity index (χ0v) is 25.6. The van der Waals surface area contributed by atoms with Crippen molar-refractivity contribution in [3.05, 3.63) is 88.9 Å². The molecule has 0 radical (unpaired) electrons. The molecule has 2 aliphatic heterocycles. The number of anilines is 1. The van der Waals surface area contributed by atoms with Crippen LogP contribution < -0.4 is 4.90 Å². The van der Waals surface area contributed by atoms with Gasteiger partial charge in [-0.2, -0.15) is 0 Å². The number of ketones is 2. The molecule has 4 heteroatoms. The highest BCUT2D eigenvalue weighted by Gasteiger charge is 2.50. The number of hydrogen-bond acceptors (Lipinski definition) is 4. The number of Topliss-reactive ketones (excluding diaryl/α,β-unsaturated/α-hetero) is 2. The van der Waals surface area contributed by atoms with Crippen LogP contribution in [0.5, 0.6) is 0 Å². The first-order valence-electron chi connectivity index (χ1n) is 16.5. The highest BCUT2D eigenvalue weighted by Crippen LogP contribution is 2.62. The Morgan fingerprint density at radius 1 is 1.05 bits per heavy atom. The van der Waals surface area contributed by atoms with Crippen LogP contribution in [-0.4, -0.2) is 24.7 Å². The van der Waals surface area contributed by atoms with Crippen LogP contribution >= 0.6 is 0 Å². The van der Waals surface area contributed by atoms with E-state index in [-0.39, 0.29) is 18.9 Å². The van der Waals surface area contributed by atoms with E-state index in [1.54, 1.807) is 6.26 Å². The number of ether oxygens (including phenoxy) is 1. The molecule has 4 nitrogen and oxygen atoms in total. The zero-order chi connectivity index (χ0) is 29.1. The zero-order valence-electron chi connectivity index (χ0n) is 25.6.